The van der Waals surface area contributed by atoms with E-state index in [4.69, 9.17) is 9.47 Å². The highest BCUT2D eigenvalue weighted by Crippen LogP contribution is 2.30. The van der Waals surface area contributed by atoms with Crippen LogP contribution in [0.15, 0.2) is 53.5 Å². The molecule has 0 saturated carbocycles. The molecule has 3 N–H and O–H groups in total. The zero-order chi connectivity index (χ0) is 18.9. The Morgan fingerprint density at radius 1 is 1.11 bits per heavy atom. The first-order chi connectivity index (χ1) is 13.2. The van der Waals surface area contributed by atoms with Crippen molar-refractivity contribution in [3.05, 3.63) is 54.1 Å². The lowest BCUT2D eigenvalue weighted by molar-refractivity contribution is 0.0971. The molecule has 1 unspecified atom stereocenters. The van der Waals surface area contributed by atoms with E-state index >= 15 is 0 Å². The fourth-order valence-electron chi connectivity index (χ4n) is 2.85. The Morgan fingerprint density at radius 3 is 2.67 bits per heavy atom. The number of phenolic OH excluding ortho intramolecular Hbond substituents is 1. The number of phenols is 1. The third kappa shape index (κ3) is 5.81. The summed E-state index contributed by atoms with van der Waals surface area (Å²) in [7, 11) is 0. The van der Waals surface area contributed by atoms with Gasteiger partial charge in [0.2, 0.25) is 0 Å². The second-order valence-corrected chi connectivity index (χ2v) is 6.41. The van der Waals surface area contributed by atoms with Crippen LogP contribution in [-0.4, -0.2) is 43.4 Å². The average Bonchev–Trinajstić information content (AvgIpc) is 2.70. The largest absolute Gasteiger partial charge is 0.508 e. The zero-order valence-electron chi connectivity index (χ0n) is 15.6. The lowest BCUT2D eigenvalue weighted by Gasteiger charge is -2.25. The normalized spacial score (nSPS) is 16.0. The van der Waals surface area contributed by atoms with Crippen LogP contribution < -0.4 is 20.1 Å². The number of nitrogens with zero attached hydrogens (tertiary/aromatic N) is 1. The van der Waals surface area contributed by atoms with E-state index < -0.39 is 0 Å². The fourth-order valence-corrected chi connectivity index (χ4v) is 2.85. The van der Waals surface area contributed by atoms with Gasteiger partial charge in [-0.2, -0.15) is 0 Å². The Hall–Kier alpha value is -2.89. The van der Waals surface area contributed by atoms with Crippen molar-refractivity contribution in [3.8, 4) is 17.2 Å². The number of rotatable bonds is 7. The molecule has 6 heteroatoms. The van der Waals surface area contributed by atoms with Crippen molar-refractivity contribution < 1.29 is 14.6 Å². The Bertz CT molecular complexity index is 747. The molecule has 1 atom stereocenters. The van der Waals surface area contributed by atoms with Gasteiger partial charge in [-0.3, -0.25) is 0 Å². The monoisotopic (exact) mass is 369 g/mol. The van der Waals surface area contributed by atoms with Gasteiger partial charge in [0, 0.05) is 13.1 Å². The lowest BCUT2D eigenvalue weighted by atomic mass is 10.1. The van der Waals surface area contributed by atoms with Crippen molar-refractivity contribution in [1.82, 2.24) is 10.6 Å². The lowest BCUT2D eigenvalue weighted by Crippen LogP contribution is -2.40. The van der Waals surface area contributed by atoms with Crippen molar-refractivity contribution in [2.45, 2.75) is 25.9 Å². The SMILES string of the molecule is CCNC(=NCC1COc2ccccc2O1)NCCCc1ccc(O)cc1. The number of benzene rings is 2. The summed E-state index contributed by atoms with van der Waals surface area (Å²) in [6.07, 6.45) is 1.83. The summed E-state index contributed by atoms with van der Waals surface area (Å²) < 4.78 is 11.7. The second kappa shape index (κ2) is 9.71. The molecule has 1 aliphatic rings. The number of aromatic hydroxyl groups is 1. The number of fused-ring (bicyclic) bond motifs is 1. The van der Waals surface area contributed by atoms with Crippen LogP contribution in [0.1, 0.15) is 18.9 Å². The molecule has 2 aromatic rings. The van der Waals surface area contributed by atoms with E-state index in [2.05, 4.69) is 15.6 Å². The van der Waals surface area contributed by atoms with Gasteiger partial charge >= 0.3 is 0 Å². The van der Waals surface area contributed by atoms with E-state index in [9.17, 15) is 5.11 Å². The van der Waals surface area contributed by atoms with Crippen LogP contribution >= 0.6 is 0 Å². The van der Waals surface area contributed by atoms with Crippen LogP contribution in [0.25, 0.3) is 0 Å². The molecular formula is C21H27N3O3. The smallest absolute Gasteiger partial charge is 0.191 e. The maximum absolute atomic E-state index is 9.33. The summed E-state index contributed by atoms with van der Waals surface area (Å²) in [6, 6.07) is 15.0. The van der Waals surface area contributed by atoms with E-state index in [1.54, 1.807) is 12.1 Å². The number of guanidine groups is 1. The Kier molecular flexibility index (Phi) is 6.79. The highest BCUT2D eigenvalue weighted by molar-refractivity contribution is 5.79. The quantitative estimate of drug-likeness (QED) is 0.398. The van der Waals surface area contributed by atoms with E-state index in [0.717, 1.165) is 43.4 Å². The van der Waals surface area contributed by atoms with Gasteiger partial charge in [0.15, 0.2) is 23.6 Å². The Balaban J connectivity index is 1.44. The van der Waals surface area contributed by atoms with Crippen molar-refractivity contribution in [2.24, 2.45) is 4.99 Å². The number of aryl methyl sites for hydroxylation is 1. The third-order valence-electron chi connectivity index (χ3n) is 4.24. The second-order valence-electron chi connectivity index (χ2n) is 6.41. The van der Waals surface area contributed by atoms with Crippen molar-refractivity contribution >= 4 is 5.96 Å². The molecule has 0 saturated heterocycles. The average molecular weight is 369 g/mol. The summed E-state index contributed by atoms with van der Waals surface area (Å²) in [4.78, 5) is 4.62. The summed E-state index contributed by atoms with van der Waals surface area (Å²) in [5, 5.41) is 15.9. The van der Waals surface area contributed by atoms with Crippen LogP contribution in [0.5, 0.6) is 17.2 Å². The van der Waals surface area contributed by atoms with Gasteiger partial charge in [0.1, 0.15) is 12.4 Å². The Morgan fingerprint density at radius 2 is 1.89 bits per heavy atom. The van der Waals surface area contributed by atoms with E-state index in [1.165, 1.54) is 5.56 Å². The van der Waals surface area contributed by atoms with Crippen molar-refractivity contribution in [2.75, 3.05) is 26.2 Å². The van der Waals surface area contributed by atoms with E-state index in [1.807, 2.05) is 43.3 Å². The third-order valence-corrected chi connectivity index (χ3v) is 4.24. The van der Waals surface area contributed by atoms with Gasteiger partial charge < -0.3 is 25.2 Å². The highest BCUT2D eigenvalue weighted by atomic mass is 16.6. The molecule has 0 amide bonds. The first-order valence-electron chi connectivity index (χ1n) is 9.43. The van der Waals surface area contributed by atoms with Crippen LogP contribution in [0.4, 0.5) is 0 Å². The standard InChI is InChI=1S/C21H27N3O3/c1-2-22-21(23-13-5-6-16-9-11-17(25)12-10-16)24-14-18-15-26-19-7-3-4-8-20(19)27-18/h3-4,7-12,18,25H,2,5-6,13-15H2,1H3,(H2,22,23,24). The van der Waals surface area contributed by atoms with Gasteiger partial charge in [-0.05, 0) is 49.6 Å². The number of ether oxygens (including phenoxy) is 2. The summed E-state index contributed by atoms with van der Waals surface area (Å²) >= 11 is 0. The summed E-state index contributed by atoms with van der Waals surface area (Å²) in [6.45, 7) is 4.69. The first-order valence-corrected chi connectivity index (χ1v) is 9.43. The molecule has 1 aliphatic heterocycles. The molecule has 0 spiro atoms. The van der Waals surface area contributed by atoms with Crippen LogP contribution in [0.3, 0.4) is 0 Å². The maximum atomic E-state index is 9.33. The molecule has 0 aliphatic carbocycles. The predicted molar refractivity (Wildman–Crippen MR) is 107 cm³/mol. The van der Waals surface area contributed by atoms with Gasteiger partial charge in [-0.1, -0.05) is 24.3 Å². The van der Waals surface area contributed by atoms with Gasteiger partial charge in [-0.15, -0.1) is 0 Å². The number of hydrogen-bond donors (Lipinski definition) is 3. The summed E-state index contributed by atoms with van der Waals surface area (Å²) in [5.74, 6) is 2.65. The number of aliphatic imine (C=N–C) groups is 1. The fraction of sp³-hybridized carbons (Fsp3) is 0.381. The molecular weight excluding hydrogens is 342 g/mol. The molecule has 1 heterocycles. The van der Waals surface area contributed by atoms with E-state index in [0.29, 0.717) is 18.9 Å². The minimum atomic E-state index is -0.0904. The molecule has 0 fully saturated rings. The number of nitrogens with one attached hydrogen (secondary N) is 2. The molecule has 0 aromatic heterocycles. The molecule has 0 bridgehead atoms. The Labute approximate surface area is 160 Å². The molecule has 2 aromatic carbocycles. The van der Waals surface area contributed by atoms with Gasteiger partial charge in [0.25, 0.3) is 0 Å². The number of hydrogen-bond acceptors (Lipinski definition) is 4. The van der Waals surface area contributed by atoms with Gasteiger partial charge in [-0.25, -0.2) is 4.99 Å². The first kappa shape index (κ1) is 18.9. The molecule has 3 rings (SSSR count). The molecule has 27 heavy (non-hydrogen) atoms. The maximum Gasteiger partial charge on any atom is 0.191 e. The molecule has 0 radical (unpaired) electrons. The van der Waals surface area contributed by atoms with Crippen LogP contribution in [-0.2, 0) is 6.42 Å². The van der Waals surface area contributed by atoms with Crippen molar-refractivity contribution in [1.29, 1.82) is 0 Å². The highest BCUT2D eigenvalue weighted by Gasteiger charge is 2.20. The summed E-state index contributed by atoms with van der Waals surface area (Å²) in [5.41, 5.74) is 1.21. The van der Waals surface area contributed by atoms with Gasteiger partial charge in [0.05, 0.1) is 6.54 Å². The number of para-hydroxylation sites is 2. The topological polar surface area (TPSA) is 75.1 Å². The van der Waals surface area contributed by atoms with Crippen LogP contribution in [0.2, 0.25) is 0 Å². The molecule has 6 nitrogen and oxygen atoms in total. The minimum Gasteiger partial charge on any atom is -0.508 e. The predicted octanol–water partition coefficient (Wildman–Crippen LogP) is 2.72. The van der Waals surface area contributed by atoms with Crippen LogP contribution in [0, 0.1) is 0 Å². The van der Waals surface area contributed by atoms with Crippen molar-refractivity contribution in [3.63, 3.8) is 0 Å². The van der Waals surface area contributed by atoms with E-state index in [-0.39, 0.29) is 6.10 Å². The zero-order valence-corrected chi connectivity index (χ0v) is 15.6. The molecule has 144 valence electrons. The minimum absolute atomic E-state index is 0.0904.